The van der Waals surface area contributed by atoms with Crippen LogP contribution in [0.2, 0.25) is 0 Å². The number of pyridine rings is 1. The van der Waals surface area contributed by atoms with Crippen LogP contribution in [0.15, 0.2) is 72.9 Å². The van der Waals surface area contributed by atoms with Crippen LogP contribution in [0.4, 0.5) is 0 Å². The van der Waals surface area contributed by atoms with Crippen molar-refractivity contribution in [2.75, 3.05) is 0 Å². The molecule has 0 aliphatic rings. The number of benzene rings is 2. The van der Waals surface area contributed by atoms with Crippen molar-refractivity contribution in [3.05, 3.63) is 78.5 Å². The first-order valence-corrected chi connectivity index (χ1v) is 6.87. The summed E-state index contributed by atoms with van der Waals surface area (Å²) in [5.74, 6) is 0. The highest BCUT2D eigenvalue weighted by Gasteiger charge is 2.11. The third kappa shape index (κ3) is 2.35. The van der Waals surface area contributed by atoms with E-state index >= 15 is 0 Å². The highest BCUT2D eigenvalue weighted by Crippen LogP contribution is 2.26. The van der Waals surface area contributed by atoms with Crippen molar-refractivity contribution >= 4 is 0 Å². The van der Waals surface area contributed by atoms with Crippen molar-refractivity contribution in [1.29, 1.82) is 0 Å². The highest BCUT2D eigenvalue weighted by atomic mass is 14.9. The lowest BCUT2D eigenvalue weighted by molar-refractivity contribution is -0.660. The fraction of sp³-hybridized carbons (Fsp3) is 0.105. The van der Waals surface area contributed by atoms with E-state index in [0.717, 1.165) is 0 Å². The minimum atomic E-state index is 1.24. The van der Waals surface area contributed by atoms with Gasteiger partial charge in [0.15, 0.2) is 6.20 Å². The fourth-order valence-electron chi connectivity index (χ4n) is 2.56. The molecule has 0 N–H and O–H groups in total. The molecule has 0 amide bonds. The highest BCUT2D eigenvalue weighted by molar-refractivity contribution is 5.70. The Balaban J connectivity index is 2.07. The molecule has 98 valence electrons. The Bertz CT molecular complexity index is 730. The molecule has 2 aromatic carbocycles. The van der Waals surface area contributed by atoms with Gasteiger partial charge >= 0.3 is 0 Å². The summed E-state index contributed by atoms with van der Waals surface area (Å²) in [5, 5.41) is 0. The maximum absolute atomic E-state index is 2.26. The third-order valence-corrected chi connectivity index (χ3v) is 3.66. The molecule has 0 bridgehead atoms. The summed E-state index contributed by atoms with van der Waals surface area (Å²) < 4.78 is 2.16. The van der Waals surface area contributed by atoms with Crippen LogP contribution in [0.3, 0.4) is 0 Å². The zero-order chi connectivity index (χ0) is 13.9. The normalized spacial score (nSPS) is 10.5. The molecule has 0 unspecified atom stereocenters. The third-order valence-electron chi connectivity index (χ3n) is 3.66. The van der Waals surface area contributed by atoms with Gasteiger partial charge in [0.1, 0.15) is 7.05 Å². The minimum Gasteiger partial charge on any atom is -0.201 e. The smallest absolute Gasteiger partial charge is 0.201 e. The first-order valence-electron chi connectivity index (χ1n) is 6.87. The molecule has 0 aliphatic heterocycles. The van der Waals surface area contributed by atoms with E-state index < -0.39 is 0 Å². The summed E-state index contributed by atoms with van der Waals surface area (Å²) in [5.41, 5.74) is 6.36. The lowest BCUT2D eigenvalue weighted by atomic mass is 9.98. The maximum atomic E-state index is 2.26. The zero-order valence-electron chi connectivity index (χ0n) is 11.9. The van der Waals surface area contributed by atoms with Crippen molar-refractivity contribution < 1.29 is 4.57 Å². The van der Waals surface area contributed by atoms with Crippen LogP contribution >= 0.6 is 0 Å². The molecule has 1 heteroatoms. The Morgan fingerprint density at radius 1 is 0.750 bits per heavy atom. The molecular formula is C19H18N+. The predicted octanol–water partition coefficient (Wildman–Crippen LogP) is 4.15. The van der Waals surface area contributed by atoms with Crippen molar-refractivity contribution in [3.63, 3.8) is 0 Å². The number of rotatable bonds is 2. The molecule has 0 spiro atoms. The summed E-state index contributed by atoms with van der Waals surface area (Å²) >= 11 is 0. The average Bonchev–Trinajstić information content (AvgIpc) is 2.49. The standard InChI is InChI=1S/C19H18N/c1-15-14-17(16-8-4-3-5-9-16)11-12-18(15)19-10-6-7-13-20(19)2/h3-14H,1-2H3/q+1. The number of hydrogen-bond donors (Lipinski definition) is 0. The van der Waals surface area contributed by atoms with Gasteiger partial charge < -0.3 is 0 Å². The van der Waals surface area contributed by atoms with Crippen LogP contribution in [-0.4, -0.2) is 0 Å². The van der Waals surface area contributed by atoms with Crippen molar-refractivity contribution in [1.82, 2.24) is 0 Å². The van der Waals surface area contributed by atoms with Crippen LogP contribution in [-0.2, 0) is 7.05 Å². The molecule has 1 aromatic heterocycles. The lowest BCUT2D eigenvalue weighted by Gasteiger charge is -2.07. The summed E-state index contributed by atoms with van der Waals surface area (Å²) in [7, 11) is 2.08. The van der Waals surface area contributed by atoms with E-state index in [1.807, 2.05) is 0 Å². The quantitative estimate of drug-likeness (QED) is 0.609. The molecular weight excluding hydrogens is 242 g/mol. The van der Waals surface area contributed by atoms with E-state index in [2.05, 4.69) is 91.5 Å². The Labute approximate surface area is 120 Å². The van der Waals surface area contributed by atoms with Crippen molar-refractivity contribution in [3.8, 4) is 22.4 Å². The molecule has 0 radical (unpaired) electrons. The summed E-state index contributed by atoms with van der Waals surface area (Å²) in [4.78, 5) is 0. The number of hydrogen-bond acceptors (Lipinski definition) is 0. The first kappa shape index (κ1) is 12.6. The summed E-state index contributed by atoms with van der Waals surface area (Å²) in [6, 6.07) is 23.5. The second kappa shape index (κ2) is 5.30. The Hall–Kier alpha value is -2.41. The van der Waals surface area contributed by atoms with Gasteiger partial charge in [0.25, 0.3) is 0 Å². The van der Waals surface area contributed by atoms with Crippen molar-refractivity contribution in [2.24, 2.45) is 7.05 Å². The molecule has 3 rings (SSSR count). The van der Waals surface area contributed by atoms with Crippen LogP contribution in [0.1, 0.15) is 5.56 Å². The van der Waals surface area contributed by atoms with Crippen LogP contribution in [0, 0.1) is 6.92 Å². The molecule has 0 saturated carbocycles. The maximum Gasteiger partial charge on any atom is 0.212 e. The number of nitrogens with zero attached hydrogens (tertiary/aromatic N) is 1. The second-order valence-corrected chi connectivity index (χ2v) is 5.09. The minimum absolute atomic E-state index is 1.24. The molecule has 3 aromatic rings. The summed E-state index contributed by atoms with van der Waals surface area (Å²) in [6.45, 7) is 2.18. The van der Waals surface area contributed by atoms with Gasteiger partial charge in [0.2, 0.25) is 5.69 Å². The van der Waals surface area contributed by atoms with Gasteiger partial charge in [-0.1, -0.05) is 42.5 Å². The Morgan fingerprint density at radius 3 is 2.20 bits per heavy atom. The number of aryl methyl sites for hydroxylation is 2. The van der Waals surface area contributed by atoms with Gasteiger partial charge in [-0.05, 0) is 35.7 Å². The van der Waals surface area contributed by atoms with Gasteiger partial charge in [-0.3, -0.25) is 0 Å². The van der Waals surface area contributed by atoms with Gasteiger partial charge in [0.05, 0.1) is 0 Å². The Kier molecular flexibility index (Phi) is 3.34. The largest absolute Gasteiger partial charge is 0.212 e. The Morgan fingerprint density at radius 2 is 1.50 bits per heavy atom. The first-order chi connectivity index (χ1) is 9.75. The molecule has 20 heavy (non-hydrogen) atoms. The van der Waals surface area contributed by atoms with Gasteiger partial charge in [-0.2, -0.15) is 0 Å². The number of aromatic nitrogens is 1. The zero-order valence-corrected chi connectivity index (χ0v) is 11.9. The van der Waals surface area contributed by atoms with Crippen molar-refractivity contribution in [2.45, 2.75) is 6.92 Å². The molecule has 1 nitrogen and oxygen atoms in total. The molecule has 1 heterocycles. The van der Waals surface area contributed by atoms with Gasteiger partial charge in [-0.15, -0.1) is 0 Å². The van der Waals surface area contributed by atoms with E-state index in [1.165, 1.54) is 27.9 Å². The second-order valence-electron chi connectivity index (χ2n) is 5.09. The van der Waals surface area contributed by atoms with E-state index in [1.54, 1.807) is 0 Å². The SMILES string of the molecule is Cc1cc(-c2ccccc2)ccc1-c1cccc[n+]1C. The van der Waals surface area contributed by atoms with E-state index in [9.17, 15) is 0 Å². The molecule has 0 aliphatic carbocycles. The molecule has 0 saturated heterocycles. The van der Waals surface area contributed by atoms with Gasteiger partial charge in [0, 0.05) is 17.7 Å². The van der Waals surface area contributed by atoms with Crippen LogP contribution in [0.5, 0.6) is 0 Å². The average molecular weight is 260 g/mol. The van der Waals surface area contributed by atoms with Crippen LogP contribution < -0.4 is 4.57 Å². The van der Waals surface area contributed by atoms with E-state index in [-0.39, 0.29) is 0 Å². The monoisotopic (exact) mass is 260 g/mol. The lowest BCUT2D eigenvalue weighted by Crippen LogP contribution is -2.30. The molecule has 0 atom stereocenters. The van der Waals surface area contributed by atoms with E-state index in [4.69, 9.17) is 0 Å². The topological polar surface area (TPSA) is 3.88 Å². The molecule has 0 fully saturated rings. The predicted molar refractivity (Wildman–Crippen MR) is 83.2 cm³/mol. The van der Waals surface area contributed by atoms with Crippen LogP contribution in [0.25, 0.3) is 22.4 Å². The van der Waals surface area contributed by atoms with Gasteiger partial charge in [-0.25, -0.2) is 4.57 Å². The van der Waals surface area contributed by atoms with E-state index in [0.29, 0.717) is 0 Å². The summed E-state index contributed by atoms with van der Waals surface area (Å²) in [6.07, 6.45) is 2.08. The fourth-order valence-corrected chi connectivity index (χ4v) is 2.56.